The summed E-state index contributed by atoms with van der Waals surface area (Å²) in [4.78, 5) is 42.0. The highest BCUT2D eigenvalue weighted by Gasteiger charge is 2.24. The molecule has 0 aromatic heterocycles. The van der Waals surface area contributed by atoms with E-state index in [4.69, 9.17) is 9.79 Å². The normalized spacial score (nSPS) is 13.1. The Bertz CT molecular complexity index is 818. The van der Waals surface area contributed by atoms with E-state index in [9.17, 15) is 22.6 Å². The van der Waals surface area contributed by atoms with Crippen molar-refractivity contribution in [1.29, 1.82) is 0 Å². The van der Waals surface area contributed by atoms with E-state index in [1.807, 2.05) is 13.8 Å². The van der Waals surface area contributed by atoms with Crippen molar-refractivity contribution in [3.05, 3.63) is 24.3 Å². The first kappa shape index (κ1) is 23.1. The summed E-state index contributed by atoms with van der Waals surface area (Å²) < 4.78 is 33.7. The molecule has 1 unspecified atom stereocenters. The van der Waals surface area contributed by atoms with Gasteiger partial charge in [0.2, 0.25) is 5.91 Å². The molecule has 10 nitrogen and oxygen atoms in total. The van der Waals surface area contributed by atoms with Crippen LogP contribution >= 0.6 is 7.60 Å². The first-order valence-corrected chi connectivity index (χ1v) is 11.7. The Balaban J connectivity index is 2.75. The minimum atomic E-state index is -4.41. The van der Waals surface area contributed by atoms with E-state index in [1.165, 1.54) is 24.3 Å². The Labute approximate surface area is 157 Å². The van der Waals surface area contributed by atoms with E-state index in [0.29, 0.717) is 5.69 Å². The van der Waals surface area contributed by atoms with Crippen LogP contribution in [0.3, 0.4) is 0 Å². The summed E-state index contributed by atoms with van der Waals surface area (Å²) in [5.41, 5.74) is 0.318. The van der Waals surface area contributed by atoms with Gasteiger partial charge in [0.05, 0.1) is 4.90 Å². The molecule has 3 amide bonds. The van der Waals surface area contributed by atoms with E-state index in [1.54, 1.807) is 0 Å². The molecule has 12 heteroatoms. The van der Waals surface area contributed by atoms with Crippen molar-refractivity contribution >= 4 is 35.1 Å². The highest BCUT2D eigenvalue weighted by Crippen LogP contribution is 2.32. The maximum atomic E-state index is 12.1. The maximum Gasteiger partial charge on any atom is 0.344 e. The molecule has 0 spiro atoms. The number of nitrogens with one attached hydrogen (secondary N) is 3. The number of hydrogen-bond acceptors (Lipinski definition) is 5. The number of benzene rings is 1. The zero-order valence-electron chi connectivity index (χ0n) is 15.2. The molecular formula is C15H24N3O7PS. The third-order valence-electron chi connectivity index (χ3n) is 3.33. The zero-order valence-corrected chi connectivity index (χ0v) is 16.9. The van der Waals surface area contributed by atoms with Gasteiger partial charge >= 0.3 is 13.6 Å². The number of amides is 3. The van der Waals surface area contributed by atoms with Crippen LogP contribution in [0.2, 0.25) is 0 Å². The lowest BCUT2D eigenvalue weighted by atomic mass is 10.0. The monoisotopic (exact) mass is 421 g/mol. The van der Waals surface area contributed by atoms with E-state index in [2.05, 4.69) is 16.0 Å². The summed E-state index contributed by atoms with van der Waals surface area (Å²) in [7, 11) is -7.77. The minimum absolute atomic E-state index is 0.0325. The fraction of sp³-hybridized carbons (Fsp3) is 0.467. The van der Waals surface area contributed by atoms with Crippen LogP contribution in [0.4, 0.5) is 10.5 Å². The van der Waals surface area contributed by atoms with Gasteiger partial charge in [-0.3, -0.25) is 9.36 Å². The van der Waals surface area contributed by atoms with Crippen LogP contribution in [-0.4, -0.2) is 48.7 Å². The van der Waals surface area contributed by atoms with Crippen LogP contribution < -0.4 is 16.0 Å². The standard InChI is InChI=1S/C15H24N3O7PS/c1-10(2)8-13(14(19)16-9-26(21,22)23)18-15(20)17-11-4-6-12(7-5-11)27(3,24)25/h4-7,10,13H,8-9H2,1-3H3,(H,16,19)(H2,17,18,20)(H2,21,22,23). The van der Waals surface area contributed by atoms with Gasteiger partial charge in [-0.05, 0) is 36.6 Å². The van der Waals surface area contributed by atoms with Gasteiger partial charge in [0.25, 0.3) is 0 Å². The van der Waals surface area contributed by atoms with E-state index < -0.39 is 41.7 Å². The highest BCUT2D eigenvalue weighted by molar-refractivity contribution is 7.90. The van der Waals surface area contributed by atoms with Crippen LogP contribution in [0.25, 0.3) is 0 Å². The molecule has 0 aliphatic rings. The van der Waals surface area contributed by atoms with Gasteiger partial charge in [-0.25, -0.2) is 13.2 Å². The van der Waals surface area contributed by atoms with Gasteiger partial charge in [-0.2, -0.15) is 0 Å². The Hall–Kier alpha value is -1.94. The van der Waals surface area contributed by atoms with Gasteiger partial charge in [0.1, 0.15) is 12.3 Å². The average molecular weight is 421 g/mol. The fourth-order valence-corrected chi connectivity index (χ4v) is 3.11. The highest BCUT2D eigenvalue weighted by atomic mass is 32.2. The Morgan fingerprint density at radius 2 is 1.70 bits per heavy atom. The number of urea groups is 1. The molecular weight excluding hydrogens is 397 g/mol. The second-order valence-electron chi connectivity index (χ2n) is 6.44. The van der Waals surface area contributed by atoms with Crippen molar-refractivity contribution in [3.8, 4) is 0 Å². The van der Waals surface area contributed by atoms with Crippen LogP contribution in [0, 0.1) is 5.92 Å². The van der Waals surface area contributed by atoms with Crippen molar-refractivity contribution in [2.24, 2.45) is 5.92 Å². The van der Waals surface area contributed by atoms with Crippen molar-refractivity contribution < 1.29 is 32.4 Å². The summed E-state index contributed by atoms with van der Waals surface area (Å²) >= 11 is 0. The molecule has 1 aromatic rings. The summed E-state index contributed by atoms with van der Waals surface area (Å²) in [5.74, 6) is -0.681. The predicted molar refractivity (Wildman–Crippen MR) is 100 cm³/mol. The van der Waals surface area contributed by atoms with Crippen molar-refractivity contribution in [2.75, 3.05) is 17.9 Å². The number of hydrogen-bond donors (Lipinski definition) is 5. The Morgan fingerprint density at radius 1 is 1.15 bits per heavy atom. The van der Waals surface area contributed by atoms with E-state index in [0.717, 1.165) is 6.26 Å². The Morgan fingerprint density at radius 3 is 2.15 bits per heavy atom. The second kappa shape index (κ2) is 9.32. The molecule has 0 aliphatic carbocycles. The Kier molecular flexibility index (Phi) is 7.97. The van der Waals surface area contributed by atoms with Crippen molar-refractivity contribution in [1.82, 2.24) is 10.6 Å². The van der Waals surface area contributed by atoms with E-state index >= 15 is 0 Å². The minimum Gasteiger partial charge on any atom is -0.343 e. The summed E-state index contributed by atoms with van der Waals surface area (Å²) in [6.07, 6.45) is 0.499. The molecule has 0 radical (unpaired) electrons. The van der Waals surface area contributed by atoms with Gasteiger partial charge in [-0.15, -0.1) is 0 Å². The smallest absolute Gasteiger partial charge is 0.343 e. The second-order valence-corrected chi connectivity index (χ2v) is 10.1. The molecule has 0 aliphatic heterocycles. The summed E-state index contributed by atoms with van der Waals surface area (Å²) in [6.45, 7) is 3.65. The molecule has 1 rings (SSSR count). The third kappa shape index (κ3) is 9.00. The van der Waals surface area contributed by atoms with Crippen LogP contribution in [0.15, 0.2) is 29.2 Å². The quantitative estimate of drug-likeness (QED) is 0.389. The molecule has 0 saturated heterocycles. The lowest BCUT2D eigenvalue weighted by Gasteiger charge is -2.20. The number of carbonyl (C=O) groups is 2. The summed E-state index contributed by atoms with van der Waals surface area (Å²) in [6, 6.07) is 3.78. The summed E-state index contributed by atoms with van der Waals surface area (Å²) in [5, 5.41) is 7.03. The lowest BCUT2D eigenvalue weighted by Crippen LogP contribution is -2.48. The predicted octanol–water partition coefficient (Wildman–Crippen LogP) is 0.878. The van der Waals surface area contributed by atoms with Crippen LogP contribution in [0.5, 0.6) is 0 Å². The van der Waals surface area contributed by atoms with E-state index in [-0.39, 0.29) is 17.2 Å². The average Bonchev–Trinajstić information content (AvgIpc) is 2.50. The van der Waals surface area contributed by atoms with Gasteiger partial charge < -0.3 is 25.7 Å². The van der Waals surface area contributed by atoms with Gasteiger partial charge in [0.15, 0.2) is 9.84 Å². The third-order valence-corrected chi connectivity index (χ3v) is 5.03. The maximum absolute atomic E-state index is 12.1. The van der Waals surface area contributed by atoms with Crippen molar-refractivity contribution in [2.45, 2.75) is 31.2 Å². The topological polar surface area (TPSA) is 162 Å². The fourth-order valence-electron chi connectivity index (χ4n) is 2.12. The molecule has 1 atom stereocenters. The number of sulfone groups is 1. The molecule has 5 N–H and O–H groups in total. The molecule has 0 heterocycles. The van der Waals surface area contributed by atoms with Crippen LogP contribution in [0.1, 0.15) is 20.3 Å². The van der Waals surface area contributed by atoms with Gasteiger partial charge in [-0.1, -0.05) is 13.8 Å². The first-order chi connectivity index (χ1) is 12.3. The molecule has 0 saturated carbocycles. The molecule has 1 aromatic carbocycles. The molecule has 152 valence electrons. The number of anilines is 1. The SMILES string of the molecule is CC(C)CC(NC(=O)Nc1ccc(S(C)(=O)=O)cc1)C(=O)NCP(=O)(O)O. The molecule has 0 bridgehead atoms. The number of rotatable bonds is 8. The lowest BCUT2D eigenvalue weighted by molar-refractivity contribution is -0.123. The zero-order chi connectivity index (χ0) is 20.8. The molecule has 0 fully saturated rings. The first-order valence-electron chi connectivity index (χ1n) is 7.98. The van der Waals surface area contributed by atoms with Gasteiger partial charge in [0, 0.05) is 11.9 Å². The van der Waals surface area contributed by atoms with Crippen LogP contribution in [-0.2, 0) is 19.2 Å². The molecule has 27 heavy (non-hydrogen) atoms. The largest absolute Gasteiger partial charge is 0.344 e. The number of carbonyl (C=O) groups excluding carboxylic acids is 2. The van der Waals surface area contributed by atoms with Crippen molar-refractivity contribution in [3.63, 3.8) is 0 Å².